The Labute approximate surface area is 118 Å². The summed E-state index contributed by atoms with van der Waals surface area (Å²) in [6, 6.07) is 2.01. The molecule has 1 amide bonds. The molecule has 1 aliphatic heterocycles. The van der Waals surface area contributed by atoms with E-state index < -0.39 is 11.4 Å². The zero-order valence-corrected chi connectivity index (χ0v) is 11.9. The number of aliphatic carboxylic acids is 1. The first kappa shape index (κ1) is 13.2. The average molecular weight is 273 g/mol. The third-order valence-corrected chi connectivity index (χ3v) is 4.89. The van der Waals surface area contributed by atoms with E-state index in [1.165, 1.54) is 0 Å². The van der Waals surface area contributed by atoms with Gasteiger partial charge in [0.2, 0.25) is 5.91 Å². The van der Waals surface area contributed by atoms with Crippen molar-refractivity contribution in [2.24, 2.45) is 0 Å². The van der Waals surface area contributed by atoms with Crippen molar-refractivity contribution in [3.8, 4) is 0 Å². The van der Waals surface area contributed by atoms with E-state index in [-0.39, 0.29) is 5.91 Å². The number of carbonyl (C=O) groups is 2. The standard InChI is InChI=1S/C16H19NO3/c1-9-7-11-8-12(18)17-14(11)13(10(9)2)16(15(19)20)5-3-4-6-16/h7H,3-6,8H2,1-2H3,(H,17,18)(H,19,20). The number of carboxylic acids is 1. The average Bonchev–Trinajstić information content (AvgIpc) is 2.97. The van der Waals surface area contributed by atoms with Crippen molar-refractivity contribution in [3.63, 3.8) is 0 Å². The van der Waals surface area contributed by atoms with Crippen molar-refractivity contribution in [2.45, 2.75) is 51.4 Å². The molecule has 4 nitrogen and oxygen atoms in total. The van der Waals surface area contributed by atoms with Gasteiger partial charge in [0, 0.05) is 5.69 Å². The maximum Gasteiger partial charge on any atom is 0.314 e. The lowest BCUT2D eigenvalue weighted by atomic mass is 9.74. The van der Waals surface area contributed by atoms with Gasteiger partial charge in [0.25, 0.3) is 0 Å². The van der Waals surface area contributed by atoms with Gasteiger partial charge in [-0.3, -0.25) is 9.59 Å². The summed E-state index contributed by atoms with van der Waals surface area (Å²) in [6.07, 6.45) is 3.55. The highest BCUT2D eigenvalue weighted by Gasteiger charge is 2.46. The van der Waals surface area contributed by atoms with Gasteiger partial charge in [0.15, 0.2) is 0 Å². The monoisotopic (exact) mass is 273 g/mol. The van der Waals surface area contributed by atoms with E-state index in [1.54, 1.807) is 0 Å². The van der Waals surface area contributed by atoms with Gasteiger partial charge in [-0.15, -0.1) is 0 Å². The van der Waals surface area contributed by atoms with Crippen molar-refractivity contribution in [2.75, 3.05) is 5.32 Å². The summed E-state index contributed by atoms with van der Waals surface area (Å²) < 4.78 is 0. The number of rotatable bonds is 2. The summed E-state index contributed by atoms with van der Waals surface area (Å²) in [4.78, 5) is 23.7. The minimum Gasteiger partial charge on any atom is -0.481 e. The first-order valence-electron chi connectivity index (χ1n) is 7.12. The van der Waals surface area contributed by atoms with Crippen LogP contribution in [0.3, 0.4) is 0 Å². The van der Waals surface area contributed by atoms with Crippen LogP contribution in [0.25, 0.3) is 0 Å². The number of amides is 1. The Morgan fingerprint density at radius 3 is 2.55 bits per heavy atom. The number of fused-ring (bicyclic) bond motifs is 1. The van der Waals surface area contributed by atoms with E-state index in [4.69, 9.17) is 0 Å². The van der Waals surface area contributed by atoms with E-state index in [2.05, 4.69) is 5.32 Å². The van der Waals surface area contributed by atoms with Crippen LogP contribution < -0.4 is 5.32 Å². The molecule has 0 unspecified atom stereocenters. The highest BCUT2D eigenvalue weighted by Crippen LogP contribution is 2.48. The Balaban J connectivity index is 2.28. The molecule has 2 aliphatic rings. The quantitative estimate of drug-likeness (QED) is 0.870. The minimum absolute atomic E-state index is 0.0372. The fourth-order valence-electron chi connectivity index (χ4n) is 3.77. The van der Waals surface area contributed by atoms with Gasteiger partial charge in [-0.1, -0.05) is 18.9 Å². The van der Waals surface area contributed by atoms with Crippen LogP contribution >= 0.6 is 0 Å². The lowest BCUT2D eigenvalue weighted by Gasteiger charge is -2.29. The Morgan fingerprint density at radius 1 is 1.30 bits per heavy atom. The molecule has 0 aromatic heterocycles. The first-order valence-corrected chi connectivity index (χ1v) is 7.12. The van der Waals surface area contributed by atoms with Crippen LogP contribution in [-0.2, 0) is 21.4 Å². The number of carboxylic acid groups (broad SMARTS) is 1. The number of hydrogen-bond donors (Lipinski definition) is 2. The van der Waals surface area contributed by atoms with Gasteiger partial charge >= 0.3 is 5.97 Å². The van der Waals surface area contributed by atoms with E-state index >= 15 is 0 Å². The molecule has 2 N–H and O–H groups in total. The van der Waals surface area contributed by atoms with Gasteiger partial charge in [-0.2, -0.15) is 0 Å². The van der Waals surface area contributed by atoms with Crippen LogP contribution in [0.15, 0.2) is 6.07 Å². The molecule has 1 saturated carbocycles. The molecule has 1 aromatic carbocycles. The molecule has 0 bridgehead atoms. The Bertz CT molecular complexity index is 613. The highest BCUT2D eigenvalue weighted by atomic mass is 16.4. The topological polar surface area (TPSA) is 66.4 Å². The summed E-state index contributed by atoms with van der Waals surface area (Å²) >= 11 is 0. The number of nitrogens with one attached hydrogen (secondary N) is 1. The van der Waals surface area contributed by atoms with Gasteiger partial charge in [-0.25, -0.2) is 0 Å². The van der Waals surface area contributed by atoms with Gasteiger partial charge in [0.1, 0.15) is 0 Å². The molecule has 3 rings (SSSR count). The number of anilines is 1. The fourth-order valence-corrected chi connectivity index (χ4v) is 3.77. The van der Waals surface area contributed by atoms with E-state index in [0.717, 1.165) is 40.8 Å². The second-order valence-electron chi connectivity index (χ2n) is 6.05. The maximum absolute atomic E-state index is 12.0. The summed E-state index contributed by atoms with van der Waals surface area (Å²) in [6.45, 7) is 3.96. The molecule has 1 aliphatic carbocycles. The number of aryl methyl sites for hydroxylation is 1. The first-order chi connectivity index (χ1) is 9.45. The third kappa shape index (κ3) is 1.67. The molecule has 0 spiro atoms. The molecule has 0 radical (unpaired) electrons. The zero-order valence-electron chi connectivity index (χ0n) is 11.9. The van der Waals surface area contributed by atoms with Crippen molar-refractivity contribution in [1.29, 1.82) is 0 Å². The molecule has 4 heteroatoms. The van der Waals surface area contributed by atoms with Gasteiger partial charge in [0.05, 0.1) is 11.8 Å². The van der Waals surface area contributed by atoms with E-state index in [9.17, 15) is 14.7 Å². The highest BCUT2D eigenvalue weighted by molar-refractivity contribution is 6.02. The third-order valence-electron chi connectivity index (χ3n) is 4.89. The molecule has 0 atom stereocenters. The van der Waals surface area contributed by atoms with Crippen LogP contribution in [0.2, 0.25) is 0 Å². The van der Waals surface area contributed by atoms with Crippen molar-refractivity contribution in [3.05, 3.63) is 28.3 Å². The number of hydrogen-bond acceptors (Lipinski definition) is 2. The molecule has 1 fully saturated rings. The normalized spacial score (nSPS) is 19.8. The van der Waals surface area contributed by atoms with Crippen LogP contribution in [0.1, 0.15) is 47.9 Å². The Morgan fingerprint density at radius 2 is 1.95 bits per heavy atom. The second kappa shape index (κ2) is 4.33. The largest absolute Gasteiger partial charge is 0.481 e. The van der Waals surface area contributed by atoms with Crippen LogP contribution in [0.4, 0.5) is 5.69 Å². The molecular formula is C16H19NO3. The molecule has 1 heterocycles. The maximum atomic E-state index is 12.0. The molecule has 0 saturated heterocycles. The van der Waals surface area contributed by atoms with Crippen LogP contribution in [0, 0.1) is 13.8 Å². The fraction of sp³-hybridized carbons (Fsp3) is 0.500. The van der Waals surface area contributed by atoms with E-state index in [1.807, 2.05) is 19.9 Å². The van der Waals surface area contributed by atoms with Crippen LogP contribution in [0.5, 0.6) is 0 Å². The molecular weight excluding hydrogens is 254 g/mol. The summed E-state index contributed by atoms with van der Waals surface area (Å²) in [5.41, 5.74) is 3.82. The Hall–Kier alpha value is -1.84. The number of carbonyl (C=O) groups excluding carboxylic acids is 1. The molecule has 106 valence electrons. The smallest absolute Gasteiger partial charge is 0.314 e. The minimum atomic E-state index is -0.822. The zero-order chi connectivity index (χ0) is 14.5. The SMILES string of the molecule is Cc1cc2c(c(C3(C(=O)O)CCCC3)c1C)NC(=O)C2. The van der Waals surface area contributed by atoms with Crippen LogP contribution in [-0.4, -0.2) is 17.0 Å². The van der Waals surface area contributed by atoms with Gasteiger partial charge < -0.3 is 10.4 Å². The number of benzene rings is 1. The second-order valence-corrected chi connectivity index (χ2v) is 6.05. The summed E-state index contributed by atoms with van der Waals surface area (Å²) in [5.74, 6) is -0.795. The van der Waals surface area contributed by atoms with Crippen molar-refractivity contribution < 1.29 is 14.7 Å². The predicted octanol–water partition coefficient (Wildman–Crippen LogP) is 2.69. The Kier molecular flexibility index (Phi) is 2.85. The van der Waals surface area contributed by atoms with Crippen molar-refractivity contribution in [1.82, 2.24) is 0 Å². The lowest BCUT2D eigenvalue weighted by molar-refractivity contribution is -0.143. The van der Waals surface area contributed by atoms with E-state index in [0.29, 0.717) is 19.3 Å². The summed E-state index contributed by atoms with van der Waals surface area (Å²) in [5, 5.41) is 12.7. The van der Waals surface area contributed by atoms with Gasteiger partial charge in [-0.05, 0) is 48.9 Å². The summed E-state index contributed by atoms with van der Waals surface area (Å²) in [7, 11) is 0. The predicted molar refractivity (Wildman–Crippen MR) is 76.0 cm³/mol. The molecule has 1 aromatic rings. The molecule has 20 heavy (non-hydrogen) atoms. The van der Waals surface area contributed by atoms with Crippen molar-refractivity contribution >= 4 is 17.6 Å². The lowest BCUT2D eigenvalue weighted by Crippen LogP contribution is -2.34.